The van der Waals surface area contributed by atoms with Gasteiger partial charge in [-0.1, -0.05) is 42.0 Å². The molecule has 0 unspecified atom stereocenters. The molecule has 160 valence electrons. The largest absolute Gasteiger partial charge is 0.507 e. The molecule has 0 aromatic heterocycles. The van der Waals surface area contributed by atoms with Crippen molar-refractivity contribution >= 4 is 23.1 Å². The molecular weight excluding hydrogens is 400 g/mol. The monoisotopic (exact) mass is 422 g/mol. The van der Waals surface area contributed by atoms with Crippen molar-refractivity contribution in [1.29, 1.82) is 0 Å². The fraction of sp³-hybridized carbons (Fsp3) is 0.304. The second kappa shape index (κ2) is 8.31. The summed E-state index contributed by atoms with van der Waals surface area (Å²) >= 11 is 0. The smallest absolute Gasteiger partial charge is 0.295 e. The van der Waals surface area contributed by atoms with Crippen molar-refractivity contribution in [3.63, 3.8) is 0 Å². The Hall–Kier alpha value is -3.52. The number of ether oxygens (including phenoxy) is 1. The van der Waals surface area contributed by atoms with Crippen molar-refractivity contribution in [1.82, 2.24) is 4.90 Å². The molecule has 2 heterocycles. The third kappa shape index (κ3) is 3.94. The van der Waals surface area contributed by atoms with Crippen LogP contribution in [0, 0.1) is 17.0 Å². The van der Waals surface area contributed by atoms with E-state index < -0.39 is 22.7 Å². The van der Waals surface area contributed by atoms with Crippen molar-refractivity contribution in [2.75, 3.05) is 13.2 Å². The molecule has 2 fully saturated rings. The van der Waals surface area contributed by atoms with Crippen LogP contribution in [0.5, 0.6) is 0 Å². The van der Waals surface area contributed by atoms with Crippen LogP contribution in [-0.2, 0) is 14.3 Å². The number of hydrogen-bond donors (Lipinski definition) is 1. The van der Waals surface area contributed by atoms with Crippen LogP contribution in [0.1, 0.15) is 35.6 Å². The van der Waals surface area contributed by atoms with E-state index in [-0.39, 0.29) is 29.7 Å². The number of ketones is 1. The number of carbonyl (C=O) groups is 2. The first-order valence-electron chi connectivity index (χ1n) is 10.1. The molecule has 2 aromatic carbocycles. The van der Waals surface area contributed by atoms with Crippen molar-refractivity contribution in [3.05, 3.63) is 80.9 Å². The van der Waals surface area contributed by atoms with Crippen LogP contribution in [0.3, 0.4) is 0 Å². The molecule has 0 spiro atoms. The van der Waals surface area contributed by atoms with E-state index >= 15 is 0 Å². The minimum Gasteiger partial charge on any atom is -0.507 e. The molecule has 1 amide bonds. The molecule has 2 aromatic rings. The first kappa shape index (κ1) is 20.7. The van der Waals surface area contributed by atoms with Gasteiger partial charge < -0.3 is 14.7 Å². The highest BCUT2D eigenvalue weighted by Crippen LogP contribution is 2.40. The molecule has 2 saturated heterocycles. The summed E-state index contributed by atoms with van der Waals surface area (Å²) in [6, 6.07) is 11.8. The van der Waals surface area contributed by atoms with Gasteiger partial charge in [0.25, 0.3) is 17.4 Å². The summed E-state index contributed by atoms with van der Waals surface area (Å²) in [4.78, 5) is 38.1. The lowest BCUT2D eigenvalue weighted by molar-refractivity contribution is -0.384. The highest BCUT2D eigenvalue weighted by Gasteiger charge is 2.47. The Balaban J connectivity index is 1.85. The van der Waals surface area contributed by atoms with Crippen LogP contribution < -0.4 is 0 Å². The number of aliphatic hydroxyl groups excluding tert-OH is 1. The number of rotatable bonds is 5. The number of likely N-dealkylation sites (tertiary alicyclic amines) is 1. The fourth-order valence-electron chi connectivity index (χ4n) is 4.10. The quantitative estimate of drug-likeness (QED) is 0.260. The first-order valence-corrected chi connectivity index (χ1v) is 10.1. The number of aliphatic hydroxyl groups is 1. The molecule has 4 rings (SSSR count). The molecule has 2 atom stereocenters. The van der Waals surface area contributed by atoms with Gasteiger partial charge in [-0.05, 0) is 25.3 Å². The summed E-state index contributed by atoms with van der Waals surface area (Å²) < 4.78 is 5.65. The lowest BCUT2D eigenvalue weighted by Gasteiger charge is -2.27. The topological polar surface area (TPSA) is 110 Å². The van der Waals surface area contributed by atoms with Crippen molar-refractivity contribution in [2.45, 2.75) is 31.9 Å². The van der Waals surface area contributed by atoms with E-state index in [1.54, 1.807) is 30.3 Å². The zero-order valence-corrected chi connectivity index (χ0v) is 17.0. The molecule has 31 heavy (non-hydrogen) atoms. The standard InChI is InChI=1S/C23H22N2O6/c1-14-7-9-15(10-8-14)21(26)19-20(16-4-2-5-17(12-16)25(29)30)24(23(28)22(19)27)13-18-6-3-11-31-18/h2,4-5,7-10,12,18,20,26H,3,6,11,13H2,1H3/t18-,20+/m1/s1. The highest BCUT2D eigenvalue weighted by molar-refractivity contribution is 6.46. The van der Waals surface area contributed by atoms with Crippen LogP contribution in [0.2, 0.25) is 0 Å². The third-order valence-electron chi connectivity index (χ3n) is 5.69. The predicted molar refractivity (Wildman–Crippen MR) is 112 cm³/mol. The van der Waals surface area contributed by atoms with E-state index in [1.807, 2.05) is 6.92 Å². The predicted octanol–water partition coefficient (Wildman–Crippen LogP) is 3.50. The summed E-state index contributed by atoms with van der Waals surface area (Å²) in [6.07, 6.45) is 1.39. The third-order valence-corrected chi connectivity index (χ3v) is 5.69. The zero-order valence-electron chi connectivity index (χ0n) is 17.0. The SMILES string of the molecule is Cc1ccc(C(O)=C2C(=O)C(=O)N(C[C@H]3CCCO3)[C@H]2c2cccc([N+](=O)[O-])c2)cc1. The van der Waals surface area contributed by atoms with Gasteiger partial charge in [0, 0.05) is 30.8 Å². The van der Waals surface area contributed by atoms with Crippen molar-refractivity contribution < 1.29 is 24.4 Å². The van der Waals surface area contributed by atoms with Crippen LogP contribution >= 0.6 is 0 Å². The van der Waals surface area contributed by atoms with Gasteiger partial charge >= 0.3 is 0 Å². The Morgan fingerprint density at radius 3 is 2.61 bits per heavy atom. The van der Waals surface area contributed by atoms with Gasteiger partial charge in [0.05, 0.1) is 22.6 Å². The molecule has 0 radical (unpaired) electrons. The van der Waals surface area contributed by atoms with E-state index in [1.165, 1.54) is 23.1 Å². The van der Waals surface area contributed by atoms with E-state index in [2.05, 4.69) is 0 Å². The maximum atomic E-state index is 13.0. The molecule has 1 N–H and O–H groups in total. The second-order valence-corrected chi connectivity index (χ2v) is 7.80. The number of Topliss-reactive ketones (excluding diaryl/α,β-unsaturated/α-hetero) is 1. The number of nitrogens with zero attached hydrogens (tertiary/aromatic N) is 2. The molecule has 0 aliphatic carbocycles. The average molecular weight is 422 g/mol. The second-order valence-electron chi connectivity index (χ2n) is 7.80. The normalized spacial score (nSPS) is 22.8. The van der Waals surface area contributed by atoms with Crippen LogP contribution in [0.15, 0.2) is 54.1 Å². The van der Waals surface area contributed by atoms with E-state index in [0.717, 1.165) is 18.4 Å². The first-order chi connectivity index (χ1) is 14.9. The number of non-ortho nitro benzene ring substituents is 1. The summed E-state index contributed by atoms with van der Waals surface area (Å²) in [5.41, 5.74) is 1.53. The average Bonchev–Trinajstić information content (AvgIpc) is 3.36. The molecule has 8 heteroatoms. The van der Waals surface area contributed by atoms with Crippen molar-refractivity contribution in [3.8, 4) is 0 Å². The van der Waals surface area contributed by atoms with Gasteiger partial charge in [0.2, 0.25) is 0 Å². The zero-order chi connectivity index (χ0) is 22.1. The summed E-state index contributed by atoms with van der Waals surface area (Å²) in [5, 5.41) is 22.3. The molecular formula is C23H22N2O6. The summed E-state index contributed by atoms with van der Waals surface area (Å²) in [5.74, 6) is -1.86. The van der Waals surface area contributed by atoms with Gasteiger partial charge in [-0.25, -0.2) is 0 Å². The van der Waals surface area contributed by atoms with Gasteiger partial charge in [0.15, 0.2) is 0 Å². The molecule has 0 saturated carbocycles. The summed E-state index contributed by atoms with van der Waals surface area (Å²) in [6.45, 7) is 2.65. The Labute approximate surface area is 178 Å². The lowest BCUT2D eigenvalue weighted by Crippen LogP contribution is -2.36. The number of benzene rings is 2. The number of carbonyl (C=O) groups excluding carboxylic acids is 2. The lowest BCUT2D eigenvalue weighted by atomic mass is 9.94. The maximum Gasteiger partial charge on any atom is 0.295 e. The number of amides is 1. The number of nitro groups is 1. The molecule has 8 nitrogen and oxygen atoms in total. The van der Waals surface area contributed by atoms with Gasteiger partial charge in [-0.3, -0.25) is 19.7 Å². The van der Waals surface area contributed by atoms with Crippen LogP contribution in [-0.4, -0.2) is 45.9 Å². The Kier molecular flexibility index (Phi) is 5.56. The van der Waals surface area contributed by atoms with E-state index in [4.69, 9.17) is 4.74 Å². The van der Waals surface area contributed by atoms with Crippen LogP contribution in [0.4, 0.5) is 5.69 Å². The molecule has 2 aliphatic heterocycles. The minimum atomic E-state index is -0.939. The Morgan fingerprint density at radius 2 is 1.97 bits per heavy atom. The van der Waals surface area contributed by atoms with E-state index in [0.29, 0.717) is 17.7 Å². The molecule has 0 bridgehead atoms. The summed E-state index contributed by atoms with van der Waals surface area (Å²) in [7, 11) is 0. The van der Waals surface area contributed by atoms with E-state index in [9.17, 15) is 24.8 Å². The Bertz CT molecular complexity index is 1070. The Morgan fingerprint density at radius 1 is 1.23 bits per heavy atom. The van der Waals surface area contributed by atoms with Gasteiger partial charge in [0.1, 0.15) is 5.76 Å². The maximum absolute atomic E-state index is 13.0. The minimum absolute atomic E-state index is 0.0765. The number of aryl methyl sites for hydroxylation is 1. The van der Waals surface area contributed by atoms with Crippen LogP contribution in [0.25, 0.3) is 5.76 Å². The van der Waals surface area contributed by atoms with Gasteiger partial charge in [-0.2, -0.15) is 0 Å². The number of hydrogen-bond acceptors (Lipinski definition) is 6. The van der Waals surface area contributed by atoms with Crippen molar-refractivity contribution in [2.24, 2.45) is 0 Å². The van der Waals surface area contributed by atoms with Gasteiger partial charge in [-0.15, -0.1) is 0 Å². The highest BCUT2D eigenvalue weighted by atomic mass is 16.6. The fourth-order valence-corrected chi connectivity index (χ4v) is 4.10. The number of nitro benzene ring substituents is 1. The molecule has 2 aliphatic rings.